The summed E-state index contributed by atoms with van der Waals surface area (Å²) in [6.07, 6.45) is 2.56. The third kappa shape index (κ3) is 32.0. The third-order valence-electron chi connectivity index (χ3n) is 0.836. The van der Waals surface area contributed by atoms with Gasteiger partial charge < -0.3 is 19.2 Å². The van der Waals surface area contributed by atoms with Gasteiger partial charge in [-0.3, -0.25) is 0 Å². The van der Waals surface area contributed by atoms with Crippen molar-refractivity contribution in [3.63, 3.8) is 0 Å². The summed E-state index contributed by atoms with van der Waals surface area (Å²) >= 11 is 0. The van der Waals surface area contributed by atoms with Crippen LogP contribution in [0.15, 0.2) is 0 Å². The first-order chi connectivity index (χ1) is 6.25. The molecule has 0 spiro atoms. The summed E-state index contributed by atoms with van der Waals surface area (Å²) in [4.78, 5) is 33.6. The van der Waals surface area contributed by atoms with Crippen LogP contribution in [0, 0.1) is 12.8 Å². The minimum Gasteiger partial charge on any atom is -0.316 e. The summed E-state index contributed by atoms with van der Waals surface area (Å²) in [5, 5.41) is 0. The molecule has 0 atom stereocenters. The van der Waals surface area contributed by atoms with Gasteiger partial charge in [0.25, 0.3) is 0 Å². The first-order valence-corrected chi connectivity index (χ1v) is 4.05. The maximum atomic E-state index is 8.40. The summed E-state index contributed by atoms with van der Waals surface area (Å²) < 4.78 is 0. The molecule has 5 heteroatoms. The Kier molecular flexibility index (Phi) is 14.7. The van der Waals surface area contributed by atoms with Gasteiger partial charge in [-0.15, -0.1) is 0 Å². The van der Waals surface area contributed by atoms with Crippen LogP contribution in [0.3, 0.4) is 0 Å². The Morgan fingerprint density at radius 2 is 0.733 bits per heavy atom. The molecule has 0 unspecified atom stereocenters. The Balaban J connectivity index is -0.000000180. The molecule has 0 aliphatic carbocycles. The fourth-order valence-electron chi connectivity index (χ4n) is 0.605. The van der Waals surface area contributed by atoms with Gasteiger partial charge >= 0.3 is 0 Å². The Hall–Kier alpha value is -0.866. The van der Waals surface area contributed by atoms with Gasteiger partial charge in [0.2, 0.25) is 0 Å². The van der Waals surface area contributed by atoms with E-state index in [-0.39, 0.29) is 44.9 Å². The van der Waals surface area contributed by atoms with Crippen LogP contribution in [0.5, 0.6) is 0 Å². The first-order valence-electron chi connectivity index (χ1n) is 4.05. The Bertz CT molecular complexity index is 196. The van der Waals surface area contributed by atoms with E-state index in [1.807, 2.05) is 0 Å². The Labute approximate surface area is 105 Å². The van der Waals surface area contributed by atoms with Crippen molar-refractivity contribution in [3.05, 3.63) is 12.8 Å². The zero-order valence-corrected chi connectivity index (χ0v) is 11.0. The molecule has 0 aliphatic heterocycles. The number of rotatable bonds is 4. The molecule has 0 saturated carbocycles. The minimum absolute atomic E-state index is 0. The SMILES string of the molecule is CC(=[OH+])[CH-]C(C)=[OH+].CC(=[OH+])[CH-]C(C)=[OH+].[Ti]. The van der Waals surface area contributed by atoms with Crippen LogP contribution in [-0.2, 0) is 21.7 Å². The molecule has 0 aliphatic rings. The fraction of sp³-hybridized carbons (Fsp3) is 0.400. The van der Waals surface area contributed by atoms with Gasteiger partial charge in [0.1, 0.15) is 0 Å². The molecular weight excluding hydrogens is 232 g/mol. The van der Waals surface area contributed by atoms with Gasteiger partial charge in [-0.25, -0.2) is 0 Å². The topological polar surface area (TPSA) is 85.6 Å². The van der Waals surface area contributed by atoms with E-state index in [1.54, 1.807) is 0 Å². The number of hydrogen-bond donors (Lipinski definition) is 0. The van der Waals surface area contributed by atoms with E-state index in [0.29, 0.717) is 0 Å². The monoisotopic (exact) mass is 250 g/mol. The Morgan fingerprint density at radius 3 is 0.733 bits per heavy atom. The van der Waals surface area contributed by atoms with Gasteiger partial charge in [-0.1, -0.05) is 0 Å². The van der Waals surface area contributed by atoms with E-state index in [1.165, 1.54) is 40.5 Å². The van der Waals surface area contributed by atoms with E-state index in [4.69, 9.17) is 19.2 Å². The quantitative estimate of drug-likeness (QED) is 0.303. The van der Waals surface area contributed by atoms with E-state index in [9.17, 15) is 0 Å². The average Bonchev–Trinajstić information content (AvgIpc) is 1.79. The van der Waals surface area contributed by atoms with Gasteiger partial charge in [0.05, 0.1) is 0 Å². The molecule has 84 valence electrons. The zero-order chi connectivity index (χ0) is 11.7. The zero-order valence-electron chi connectivity index (χ0n) is 9.44. The molecule has 0 rings (SSSR count). The summed E-state index contributed by atoms with van der Waals surface area (Å²) in [5.74, 6) is 0.500. The van der Waals surface area contributed by atoms with Crippen molar-refractivity contribution < 1.29 is 40.9 Å². The minimum atomic E-state index is 0. The molecule has 0 aromatic rings. The van der Waals surface area contributed by atoms with Crippen molar-refractivity contribution in [3.8, 4) is 0 Å². The standard InChI is InChI=1S/2C5H7O2.Ti/c2*1-4(6)3-5(2)7;/h2*3H,1-2H3;/q2*-1;/p+4. The average molecular weight is 250 g/mol. The predicted molar refractivity (Wildman–Crippen MR) is 59.1 cm³/mol. The van der Waals surface area contributed by atoms with Gasteiger partial charge in [0.15, 0.2) is 23.1 Å². The maximum absolute atomic E-state index is 8.40. The largest absolute Gasteiger partial charge is 0.316 e. The second-order valence-electron chi connectivity index (χ2n) is 2.85. The molecule has 0 heterocycles. The molecule has 0 radical (unpaired) electrons. The fourth-order valence-corrected chi connectivity index (χ4v) is 0.605. The normalized spacial score (nSPS) is 7.20. The molecule has 0 bridgehead atoms. The summed E-state index contributed by atoms with van der Waals surface area (Å²) in [6, 6.07) is 0. The van der Waals surface area contributed by atoms with Crippen LogP contribution in [0.1, 0.15) is 27.7 Å². The van der Waals surface area contributed by atoms with Crippen LogP contribution < -0.4 is 0 Å². The molecule has 15 heavy (non-hydrogen) atoms. The summed E-state index contributed by atoms with van der Waals surface area (Å²) in [6.45, 7) is 6.00. The molecule has 4 nitrogen and oxygen atoms in total. The molecule has 0 amide bonds. The van der Waals surface area contributed by atoms with Crippen LogP contribution in [-0.4, -0.2) is 42.3 Å². The maximum Gasteiger partial charge on any atom is 0.176 e. The molecule has 0 aromatic carbocycles. The number of carbonyl (C=O) groups excluding carboxylic acids is 4. The predicted octanol–water partition coefficient (Wildman–Crippen LogP) is 0.638. The van der Waals surface area contributed by atoms with E-state index >= 15 is 0 Å². The second-order valence-corrected chi connectivity index (χ2v) is 2.85. The van der Waals surface area contributed by atoms with Crippen molar-refractivity contribution in [2.45, 2.75) is 27.7 Å². The van der Waals surface area contributed by atoms with Crippen LogP contribution >= 0.6 is 0 Å². The van der Waals surface area contributed by atoms with Crippen LogP contribution in [0.25, 0.3) is 0 Å². The molecule has 4 N–H and O–H groups in total. The molecular formula is C10H18O4Ti+2. The van der Waals surface area contributed by atoms with E-state index < -0.39 is 0 Å². The van der Waals surface area contributed by atoms with Crippen molar-refractivity contribution in [1.82, 2.24) is 0 Å². The van der Waals surface area contributed by atoms with E-state index in [0.717, 1.165) is 0 Å². The van der Waals surface area contributed by atoms with Crippen molar-refractivity contribution in [2.24, 2.45) is 0 Å². The summed E-state index contributed by atoms with van der Waals surface area (Å²) in [5.41, 5.74) is 0. The Morgan fingerprint density at radius 1 is 0.600 bits per heavy atom. The first kappa shape index (κ1) is 19.7. The van der Waals surface area contributed by atoms with Gasteiger partial charge in [-0.05, 0) is 0 Å². The van der Waals surface area contributed by atoms with E-state index in [2.05, 4.69) is 0 Å². The van der Waals surface area contributed by atoms with Gasteiger partial charge in [-0.2, -0.15) is 12.8 Å². The van der Waals surface area contributed by atoms with Crippen molar-refractivity contribution in [2.75, 3.05) is 0 Å². The second kappa shape index (κ2) is 11.2. The van der Waals surface area contributed by atoms with Crippen LogP contribution in [0.2, 0.25) is 0 Å². The smallest absolute Gasteiger partial charge is 0.176 e. The number of ketones is 4. The van der Waals surface area contributed by atoms with Crippen molar-refractivity contribution in [1.29, 1.82) is 0 Å². The van der Waals surface area contributed by atoms with Gasteiger partial charge in [0, 0.05) is 49.4 Å². The number of hydrogen-bond acceptors (Lipinski definition) is 0. The third-order valence-corrected chi connectivity index (χ3v) is 0.836. The summed E-state index contributed by atoms with van der Waals surface area (Å²) in [7, 11) is 0. The molecule has 0 fully saturated rings. The molecule has 0 saturated heterocycles. The van der Waals surface area contributed by atoms with Crippen LogP contribution in [0.4, 0.5) is 0 Å². The molecule has 0 aromatic heterocycles. The van der Waals surface area contributed by atoms with Crippen molar-refractivity contribution >= 4 is 23.1 Å².